The Bertz CT molecular complexity index is 677. The number of fused-ring (bicyclic) bond motifs is 1. The van der Waals surface area contributed by atoms with Gasteiger partial charge in [-0.05, 0) is 36.4 Å². The maximum absolute atomic E-state index is 14.0. The average molecular weight is 308 g/mol. The summed E-state index contributed by atoms with van der Waals surface area (Å²) in [4.78, 5) is 0. The van der Waals surface area contributed by atoms with Crippen LogP contribution in [-0.4, -0.2) is 7.11 Å². The Balaban J connectivity index is 1.96. The number of ether oxygens (including phenoxy) is 2. The van der Waals surface area contributed by atoms with Crippen LogP contribution in [0.2, 0.25) is 5.02 Å². The summed E-state index contributed by atoms with van der Waals surface area (Å²) in [5.41, 5.74) is 7.49. The molecule has 0 radical (unpaired) electrons. The number of hydrogen-bond donors (Lipinski definition) is 1. The van der Waals surface area contributed by atoms with Crippen LogP contribution in [0.25, 0.3) is 0 Å². The fraction of sp³-hybridized carbons (Fsp3) is 0.250. The molecule has 110 valence electrons. The molecule has 0 saturated heterocycles. The predicted octanol–water partition coefficient (Wildman–Crippen LogP) is 4.01. The summed E-state index contributed by atoms with van der Waals surface area (Å²) in [6.07, 6.45) is 0.0387. The summed E-state index contributed by atoms with van der Waals surface area (Å²) in [5.74, 6) is 1.03. The second-order valence-electron chi connectivity index (χ2n) is 5.02. The van der Waals surface area contributed by atoms with Gasteiger partial charge < -0.3 is 15.2 Å². The minimum Gasteiger partial charge on any atom is -0.497 e. The molecular formula is C16H15ClFNO2. The van der Waals surface area contributed by atoms with Crippen LogP contribution in [-0.2, 0) is 0 Å². The van der Waals surface area contributed by atoms with Crippen LogP contribution >= 0.6 is 11.6 Å². The summed E-state index contributed by atoms with van der Waals surface area (Å²) in [6, 6.07) is 9.64. The number of hydrogen-bond acceptors (Lipinski definition) is 3. The van der Waals surface area contributed by atoms with Gasteiger partial charge in [-0.1, -0.05) is 11.6 Å². The Kier molecular flexibility index (Phi) is 3.74. The normalized spacial score (nSPS) is 20.6. The van der Waals surface area contributed by atoms with E-state index < -0.39 is 6.10 Å². The number of nitrogens with two attached hydrogens (primary N) is 1. The van der Waals surface area contributed by atoms with Gasteiger partial charge in [-0.15, -0.1) is 0 Å². The zero-order valence-corrected chi connectivity index (χ0v) is 12.2. The summed E-state index contributed by atoms with van der Waals surface area (Å²) in [6.45, 7) is 0. The maximum atomic E-state index is 14.0. The van der Waals surface area contributed by atoms with Gasteiger partial charge in [0.2, 0.25) is 0 Å². The molecule has 0 amide bonds. The van der Waals surface area contributed by atoms with Crippen molar-refractivity contribution in [1.82, 2.24) is 0 Å². The highest BCUT2D eigenvalue weighted by molar-refractivity contribution is 6.30. The van der Waals surface area contributed by atoms with Gasteiger partial charge in [-0.25, -0.2) is 4.39 Å². The zero-order chi connectivity index (χ0) is 15.0. The van der Waals surface area contributed by atoms with E-state index in [1.165, 1.54) is 12.1 Å². The van der Waals surface area contributed by atoms with Gasteiger partial charge >= 0.3 is 0 Å². The van der Waals surface area contributed by atoms with E-state index in [-0.39, 0.29) is 11.9 Å². The van der Waals surface area contributed by atoms with E-state index in [2.05, 4.69) is 0 Å². The average Bonchev–Trinajstić information content (AvgIpc) is 2.49. The minimum atomic E-state index is -0.445. The van der Waals surface area contributed by atoms with Crippen LogP contribution in [0.15, 0.2) is 36.4 Å². The molecule has 0 bridgehead atoms. The highest BCUT2D eigenvalue weighted by Gasteiger charge is 2.29. The fourth-order valence-electron chi connectivity index (χ4n) is 2.56. The van der Waals surface area contributed by atoms with Gasteiger partial charge in [0.1, 0.15) is 23.4 Å². The third kappa shape index (κ3) is 2.69. The first-order valence-electron chi connectivity index (χ1n) is 6.63. The van der Waals surface area contributed by atoms with Crippen molar-refractivity contribution in [2.24, 2.45) is 5.73 Å². The quantitative estimate of drug-likeness (QED) is 0.911. The standard InChI is InChI=1S/C16H15ClFNO2/c1-20-10-3-5-15-12(7-10)14(19)8-16(21-15)11-6-9(17)2-4-13(11)18/h2-7,14,16H,8,19H2,1H3. The Morgan fingerprint density at radius 1 is 1.24 bits per heavy atom. The predicted molar refractivity (Wildman–Crippen MR) is 79.3 cm³/mol. The lowest BCUT2D eigenvalue weighted by atomic mass is 9.93. The van der Waals surface area contributed by atoms with Crippen molar-refractivity contribution in [3.05, 3.63) is 58.4 Å². The van der Waals surface area contributed by atoms with Crippen molar-refractivity contribution < 1.29 is 13.9 Å². The van der Waals surface area contributed by atoms with Gasteiger partial charge in [0.15, 0.2) is 0 Å². The zero-order valence-electron chi connectivity index (χ0n) is 11.5. The largest absolute Gasteiger partial charge is 0.497 e. The second-order valence-corrected chi connectivity index (χ2v) is 5.45. The van der Waals surface area contributed by atoms with E-state index in [0.717, 1.165) is 11.3 Å². The van der Waals surface area contributed by atoms with E-state index in [1.54, 1.807) is 25.3 Å². The lowest BCUT2D eigenvalue weighted by Gasteiger charge is -2.31. The van der Waals surface area contributed by atoms with Crippen LogP contribution in [0.4, 0.5) is 4.39 Å². The van der Waals surface area contributed by atoms with Crippen LogP contribution < -0.4 is 15.2 Å². The summed E-state index contributed by atoms with van der Waals surface area (Å²) < 4.78 is 25.1. The lowest BCUT2D eigenvalue weighted by Crippen LogP contribution is -2.24. The first kappa shape index (κ1) is 14.2. The summed E-state index contributed by atoms with van der Waals surface area (Å²) >= 11 is 5.94. The van der Waals surface area contributed by atoms with Gasteiger partial charge in [0.25, 0.3) is 0 Å². The molecule has 21 heavy (non-hydrogen) atoms. The molecule has 2 aromatic carbocycles. The summed E-state index contributed by atoms with van der Waals surface area (Å²) in [5, 5.41) is 0.476. The van der Waals surface area contributed by atoms with Crippen molar-refractivity contribution in [2.45, 2.75) is 18.6 Å². The smallest absolute Gasteiger partial charge is 0.130 e. The molecular weight excluding hydrogens is 293 g/mol. The van der Waals surface area contributed by atoms with Crippen molar-refractivity contribution in [2.75, 3.05) is 7.11 Å². The van der Waals surface area contributed by atoms with Gasteiger partial charge in [-0.3, -0.25) is 0 Å². The van der Waals surface area contributed by atoms with E-state index in [0.29, 0.717) is 22.8 Å². The molecule has 1 aliphatic heterocycles. The molecule has 0 aliphatic carbocycles. The fourth-order valence-corrected chi connectivity index (χ4v) is 2.74. The van der Waals surface area contributed by atoms with Crippen molar-refractivity contribution in [3.8, 4) is 11.5 Å². The first-order chi connectivity index (χ1) is 10.1. The van der Waals surface area contributed by atoms with E-state index in [4.69, 9.17) is 26.8 Å². The molecule has 0 aromatic heterocycles. The molecule has 2 aromatic rings. The Hall–Kier alpha value is -1.78. The number of rotatable bonds is 2. The minimum absolute atomic E-state index is 0.243. The second kappa shape index (κ2) is 5.54. The molecule has 3 rings (SSSR count). The van der Waals surface area contributed by atoms with E-state index in [9.17, 15) is 4.39 Å². The Morgan fingerprint density at radius 3 is 2.81 bits per heavy atom. The molecule has 3 nitrogen and oxygen atoms in total. The van der Waals surface area contributed by atoms with Gasteiger partial charge in [0, 0.05) is 28.6 Å². The molecule has 0 fully saturated rings. The number of benzene rings is 2. The third-order valence-corrected chi connectivity index (χ3v) is 3.89. The number of halogens is 2. The molecule has 5 heteroatoms. The molecule has 0 spiro atoms. The van der Waals surface area contributed by atoms with E-state index >= 15 is 0 Å². The van der Waals surface area contributed by atoms with E-state index in [1.807, 2.05) is 6.07 Å². The topological polar surface area (TPSA) is 44.5 Å². The Morgan fingerprint density at radius 2 is 2.05 bits per heavy atom. The van der Waals surface area contributed by atoms with Crippen molar-refractivity contribution in [3.63, 3.8) is 0 Å². The first-order valence-corrected chi connectivity index (χ1v) is 7.01. The Labute approximate surface area is 127 Å². The molecule has 1 heterocycles. The molecule has 2 unspecified atom stereocenters. The maximum Gasteiger partial charge on any atom is 0.130 e. The highest BCUT2D eigenvalue weighted by atomic mass is 35.5. The van der Waals surface area contributed by atoms with Crippen molar-refractivity contribution in [1.29, 1.82) is 0 Å². The third-order valence-electron chi connectivity index (χ3n) is 3.66. The van der Waals surface area contributed by atoms with Gasteiger partial charge in [-0.2, -0.15) is 0 Å². The van der Waals surface area contributed by atoms with Crippen LogP contribution in [0, 0.1) is 5.82 Å². The van der Waals surface area contributed by atoms with Crippen LogP contribution in [0.1, 0.15) is 29.7 Å². The number of methoxy groups -OCH3 is 1. The lowest BCUT2D eigenvalue weighted by molar-refractivity contribution is 0.157. The molecule has 1 aliphatic rings. The van der Waals surface area contributed by atoms with Crippen LogP contribution in [0.3, 0.4) is 0 Å². The highest BCUT2D eigenvalue weighted by Crippen LogP contribution is 2.42. The molecule has 0 saturated carbocycles. The summed E-state index contributed by atoms with van der Waals surface area (Å²) in [7, 11) is 1.60. The van der Waals surface area contributed by atoms with Gasteiger partial charge in [0.05, 0.1) is 7.11 Å². The molecule has 2 atom stereocenters. The molecule has 2 N–H and O–H groups in total. The van der Waals surface area contributed by atoms with Crippen molar-refractivity contribution >= 4 is 11.6 Å². The SMILES string of the molecule is COc1ccc2c(c1)C(N)CC(c1cc(Cl)ccc1F)O2. The monoisotopic (exact) mass is 307 g/mol. The van der Waals surface area contributed by atoms with Crippen LogP contribution in [0.5, 0.6) is 11.5 Å².